The molecule has 27 heavy (non-hydrogen) atoms. The first-order valence-electron chi connectivity index (χ1n) is 9.68. The van der Waals surface area contributed by atoms with Crippen molar-refractivity contribution in [3.63, 3.8) is 0 Å². The minimum atomic E-state index is -3.70. The van der Waals surface area contributed by atoms with Crippen LogP contribution in [0.3, 0.4) is 0 Å². The zero-order chi connectivity index (χ0) is 19.3. The van der Waals surface area contributed by atoms with Crippen molar-refractivity contribution >= 4 is 27.5 Å². The van der Waals surface area contributed by atoms with Crippen LogP contribution in [0.5, 0.6) is 0 Å². The molecule has 2 heterocycles. The molecule has 0 spiro atoms. The van der Waals surface area contributed by atoms with Gasteiger partial charge in [-0.05, 0) is 50.3 Å². The Morgan fingerprint density at radius 2 is 1.93 bits per heavy atom. The maximum Gasteiger partial charge on any atom is 0.251 e. The fourth-order valence-corrected chi connectivity index (χ4v) is 5.60. The Labute approximate surface area is 166 Å². The Kier molecular flexibility index (Phi) is 7.14. The molecule has 0 aliphatic carbocycles. The third-order valence-electron chi connectivity index (χ3n) is 5.15. The van der Waals surface area contributed by atoms with Crippen LogP contribution in [0, 0.1) is 0 Å². The normalized spacial score (nSPS) is 21.7. The van der Waals surface area contributed by atoms with Gasteiger partial charge in [0.2, 0.25) is 10.0 Å². The second kappa shape index (κ2) is 9.37. The summed E-state index contributed by atoms with van der Waals surface area (Å²) in [6, 6.07) is 4.44. The number of ether oxygens (including phenoxy) is 1. The summed E-state index contributed by atoms with van der Waals surface area (Å²) < 4.78 is 33.1. The Hall–Kier alpha value is -1.15. The molecule has 1 atom stereocenters. The Morgan fingerprint density at radius 1 is 1.19 bits per heavy atom. The van der Waals surface area contributed by atoms with Gasteiger partial charge in [0.25, 0.3) is 5.91 Å². The Balaban J connectivity index is 1.69. The molecule has 0 radical (unpaired) electrons. The molecule has 2 fully saturated rings. The SMILES string of the molecule is O=C(NCC[C@@H]1CCCO1)c1ccc(Cl)c(S(=O)(=O)N2CCCCCC2)c1. The first kappa shape index (κ1) is 20.6. The highest BCUT2D eigenvalue weighted by Crippen LogP contribution is 2.27. The molecule has 1 aromatic rings. The lowest BCUT2D eigenvalue weighted by atomic mass is 10.1. The Morgan fingerprint density at radius 3 is 2.59 bits per heavy atom. The van der Waals surface area contributed by atoms with Crippen molar-refractivity contribution in [3.05, 3.63) is 28.8 Å². The second-order valence-corrected chi connectivity index (χ2v) is 9.46. The minimum absolute atomic E-state index is 0.0119. The van der Waals surface area contributed by atoms with Crippen molar-refractivity contribution in [2.75, 3.05) is 26.2 Å². The van der Waals surface area contributed by atoms with Crippen LogP contribution in [0.4, 0.5) is 0 Å². The lowest BCUT2D eigenvalue weighted by molar-refractivity contribution is 0.0907. The van der Waals surface area contributed by atoms with Crippen molar-refractivity contribution in [2.45, 2.75) is 55.9 Å². The van der Waals surface area contributed by atoms with E-state index in [1.807, 2.05) is 0 Å². The number of benzene rings is 1. The number of amides is 1. The number of sulfonamides is 1. The first-order chi connectivity index (χ1) is 13.0. The fraction of sp³-hybridized carbons (Fsp3) is 0.632. The third kappa shape index (κ3) is 5.22. The summed E-state index contributed by atoms with van der Waals surface area (Å²) in [5, 5.41) is 2.99. The van der Waals surface area contributed by atoms with Gasteiger partial charge < -0.3 is 10.1 Å². The molecule has 0 unspecified atom stereocenters. The number of rotatable bonds is 6. The van der Waals surface area contributed by atoms with E-state index in [4.69, 9.17) is 16.3 Å². The lowest BCUT2D eigenvalue weighted by Crippen LogP contribution is -2.32. The molecule has 1 amide bonds. The van der Waals surface area contributed by atoms with E-state index in [2.05, 4.69) is 5.32 Å². The van der Waals surface area contributed by atoms with Gasteiger partial charge in [-0.25, -0.2) is 8.42 Å². The summed E-state index contributed by atoms with van der Waals surface area (Å²) in [5.74, 6) is -0.294. The largest absolute Gasteiger partial charge is 0.378 e. The number of carbonyl (C=O) groups excluding carboxylic acids is 1. The first-order valence-corrected chi connectivity index (χ1v) is 11.5. The van der Waals surface area contributed by atoms with Gasteiger partial charge in [-0.3, -0.25) is 4.79 Å². The molecule has 3 rings (SSSR count). The fourth-order valence-electron chi connectivity index (χ4n) is 3.58. The molecular formula is C19H27ClN2O4S. The number of halogens is 1. The summed E-state index contributed by atoms with van der Waals surface area (Å²) in [6.45, 7) is 2.28. The minimum Gasteiger partial charge on any atom is -0.378 e. The molecule has 6 nitrogen and oxygen atoms in total. The van der Waals surface area contributed by atoms with Crippen molar-refractivity contribution in [3.8, 4) is 0 Å². The maximum absolute atomic E-state index is 13.0. The zero-order valence-electron chi connectivity index (χ0n) is 15.5. The van der Waals surface area contributed by atoms with Crippen LogP contribution in [0.1, 0.15) is 55.3 Å². The van der Waals surface area contributed by atoms with Crippen molar-refractivity contribution < 1.29 is 17.9 Å². The van der Waals surface area contributed by atoms with E-state index in [0.717, 1.165) is 51.6 Å². The van der Waals surface area contributed by atoms with E-state index < -0.39 is 10.0 Å². The van der Waals surface area contributed by atoms with Crippen molar-refractivity contribution in [1.29, 1.82) is 0 Å². The quantitative estimate of drug-likeness (QED) is 0.775. The second-order valence-electron chi connectivity index (χ2n) is 7.14. The average molecular weight is 415 g/mol. The monoisotopic (exact) mass is 414 g/mol. The van der Waals surface area contributed by atoms with Gasteiger partial charge >= 0.3 is 0 Å². The predicted molar refractivity (Wildman–Crippen MR) is 105 cm³/mol. The smallest absolute Gasteiger partial charge is 0.251 e. The molecule has 1 N–H and O–H groups in total. The highest BCUT2D eigenvalue weighted by molar-refractivity contribution is 7.89. The topological polar surface area (TPSA) is 75.7 Å². The van der Waals surface area contributed by atoms with Crippen LogP contribution in [-0.4, -0.2) is 51.0 Å². The third-order valence-corrected chi connectivity index (χ3v) is 7.53. The van der Waals surface area contributed by atoms with Crippen molar-refractivity contribution in [2.24, 2.45) is 0 Å². The van der Waals surface area contributed by atoms with E-state index in [1.54, 1.807) is 6.07 Å². The molecular weight excluding hydrogens is 388 g/mol. The summed E-state index contributed by atoms with van der Waals surface area (Å²) in [5.41, 5.74) is 0.306. The predicted octanol–water partition coefficient (Wildman–Crippen LogP) is 3.20. The molecule has 0 aromatic heterocycles. The van der Waals surface area contributed by atoms with E-state index >= 15 is 0 Å². The number of nitrogens with zero attached hydrogens (tertiary/aromatic N) is 1. The van der Waals surface area contributed by atoms with Gasteiger partial charge in [0.05, 0.1) is 11.1 Å². The van der Waals surface area contributed by atoms with Crippen LogP contribution in [0.15, 0.2) is 23.1 Å². The van der Waals surface area contributed by atoms with Gasteiger partial charge in [0.1, 0.15) is 4.90 Å². The van der Waals surface area contributed by atoms with E-state index in [0.29, 0.717) is 25.2 Å². The standard InChI is InChI=1S/C19H27ClN2O4S/c20-17-8-7-15(19(23)21-10-9-16-6-5-13-26-16)14-18(17)27(24,25)22-11-3-1-2-4-12-22/h7-8,14,16H,1-6,9-13H2,(H,21,23)/t16-/m0/s1. The van der Waals surface area contributed by atoms with E-state index in [1.165, 1.54) is 16.4 Å². The van der Waals surface area contributed by atoms with Gasteiger partial charge in [-0.15, -0.1) is 0 Å². The molecule has 2 aliphatic rings. The zero-order valence-corrected chi connectivity index (χ0v) is 17.0. The van der Waals surface area contributed by atoms with Gasteiger partial charge in [0, 0.05) is 31.8 Å². The average Bonchev–Trinajstić information content (AvgIpc) is 3.00. The van der Waals surface area contributed by atoms with Gasteiger partial charge in [0.15, 0.2) is 0 Å². The molecule has 0 saturated carbocycles. The number of nitrogens with one attached hydrogen (secondary N) is 1. The molecule has 150 valence electrons. The number of carbonyl (C=O) groups is 1. The Bertz CT molecular complexity index is 755. The summed E-state index contributed by atoms with van der Waals surface area (Å²) in [7, 11) is -3.70. The van der Waals surface area contributed by atoms with Gasteiger partial charge in [-0.2, -0.15) is 4.31 Å². The van der Waals surface area contributed by atoms with Crippen molar-refractivity contribution in [1.82, 2.24) is 9.62 Å². The molecule has 2 saturated heterocycles. The highest BCUT2D eigenvalue weighted by Gasteiger charge is 2.28. The van der Waals surface area contributed by atoms with Crippen LogP contribution in [0.2, 0.25) is 5.02 Å². The number of hydrogen-bond acceptors (Lipinski definition) is 4. The molecule has 1 aromatic carbocycles. The van der Waals surface area contributed by atoms with Crippen LogP contribution in [-0.2, 0) is 14.8 Å². The maximum atomic E-state index is 13.0. The molecule has 0 bridgehead atoms. The lowest BCUT2D eigenvalue weighted by Gasteiger charge is -2.21. The van der Waals surface area contributed by atoms with Crippen LogP contribution in [0.25, 0.3) is 0 Å². The molecule has 2 aliphatic heterocycles. The highest BCUT2D eigenvalue weighted by atomic mass is 35.5. The summed E-state index contributed by atoms with van der Waals surface area (Å²) in [6.07, 6.45) is 6.82. The van der Waals surface area contributed by atoms with Gasteiger partial charge in [-0.1, -0.05) is 24.4 Å². The number of hydrogen-bond donors (Lipinski definition) is 1. The molecule has 8 heteroatoms. The van der Waals surface area contributed by atoms with E-state index in [-0.39, 0.29) is 21.9 Å². The van der Waals surface area contributed by atoms with E-state index in [9.17, 15) is 13.2 Å². The summed E-state index contributed by atoms with van der Waals surface area (Å²) >= 11 is 6.18. The van der Waals surface area contributed by atoms with Crippen LogP contribution < -0.4 is 5.32 Å². The van der Waals surface area contributed by atoms with Crippen LogP contribution >= 0.6 is 11.6 Å². The summed E-state index contributed by atoms with van der Waals surface area (Å²) in [4.78, 5) is 12.4.